The van der Waals surface area contributed by atoms with Crippen molar-refractivity contribution in [3.05, 3.63) is 132 Å². The molecule has 0 aliphatic heterocycles. The van der Waals surface area contributed by atoms with Gasteiger partial charge in [-0.15, -0.1) is 0 Å². The Kier molecular flexibility index (Phi) is 7.75. The molecule has 0 fully saturated rings. The normalized spacial score (nSPS) is 9.87. The molecule has 0 radical (unpaired) electrons. The summed E-state index contributed by atoms with van der Waals surface area (Å²) in [5.41, 5.74) is 3.10. The summed E-state index contributed by atoms with van der Waals surface area (Å²) in [6.45, 7) is 0. The van der Waals surface area contributed by atoms with E-state index in [1.807, 2.05) is 97.1 Å². The van der Waals surface area contributed by atoms with E-state index in [2.05, 4.69) is 9.97 Å². The van der Waals surface area contributed by atoms with Crippen LogP contribution in [-0.2, 0) is 12.8 Å². The second kappa shape index (κ2) is 11.2. The third kappa shape index (κ3) is 6.60. The van der Waals surface area contributed by atoms with Crippen molar-refractivity contribution in [3.63, 3.8) is 0 Å². The van der Waals surface area contributed by atoms with Gasteiger partial charge in [0, 0.05) is 34.9 Å². The third-order valence-electron chi connectivity index (χ3n) is 4.33. The maximum absolute atomic E-state index is 11.8. The van der Waals surface area contributed by atoms with Crippen LogP contribution in [0.25, 0.3) is 0 Å². The van der Waals surface area contributed by atoms with Gasteiger partial charge in [-0.2, -0.15) is 0 Å². The minimum atomic E-state index is 0.106. The Morgan fingerprint density at radius 1 is 0.500 bits per heavy atom. The summed E-state index contributed by atoms with van der Waals surface area (Å²) >= 11 is 0. The topological polar surface area (TPSA) is 59.9 Å². The number of aromatic nitrogens is 2. The summed E-state index contributed by atoms with van der Waals surface area (Å²) < 4.78 is 0. The van der Waals surface area contributed by atoms with Gasteiger partial charge in [0.15, 0.2) is 11.6 Å². The molecule has 148 valence electrons. The molecule has 0 atom stereocenters. The largest absolute Gasteiger partial charge is 0.294 e. The summed E-state index contributed by atoms with van der Waals surface area (Å²) in [6, 6.07) is 29.8. The quantitative estimate of drug-likeness (QED) is 0.431. The molecule has 0 amide bonds. The molecule has 0 aliphatic carbocycles. The maximum atomic E-state index is 11.8. The van der Waals surface area contributed by atoms with E-state index in [0.717, 1.165) is 22.5 Å². The van der Waals surface area contributed by atoms with Crippen molar-refractivity contribution in [2.45, 2.75) is 12.8 Å². The lowest BCUT2D eigenvalue weighted by molar-refractivity contribution is 0.0983. The second-order valence-electron chi connectivity index (χ2n) is 6.57. The highest BCUT2D eigenvalue weighted by Crippen LogP contribution is 2.06. The molecule has 0 spiro atoms. The predicted octanol–water partition coefficient (Wildman–Crippen LogP) is 5.01. The first kappa shape index (κ1) is 20.8. The van der Waals surface area contributed by atoms with Crippen molar-refractivity contribution in [3.8, 4) is 0 Å². The molecule has 4 heteroatoms. The SMILES string of the molecule is O=C(Cc1ccccn1)c1ccccc1.O=C(Cc1ccccn1)c1ccccc1. The Hall–Kier alpha value is -3.92. The lowest BCUT2D eigenvalue weighted by Gasteiger charge is -1.99. The first-order valence-electron chi connectivity index (χ1n) is 9.68. The lowest BCUT2D eigenvalue weighted by atomic mass is 10.1. The van der Waals surface area contributed by atoms with Crippen molar-refractivity contribution >= 4 is 11.6 Å². The monoisotopic (exact) mass is 394 g/mol. The van der Waals surface area contributed by atoms with Gasteiger partial charge in [-0.25, -0.2) is 0 Å². The molecule has 30 heavy (non-hydrogen) atoms. The molecular weight excluding hydrogens is 372 g/mol. The van der Waals surface area contributed by atoms with E-state index < -0.39 is 0 Å². The zero-order valence-electron chi connectivity index (χ0n) is 16.5. The smallest absolute Gasteiger partial charge is 0.168 e. The molecule has 4 nitrogen and oxygen atoms in total. The Bertz CT molecular complexity index is 962. The van der Waals surface area contributed by atoms with Crippen LogP contribution >= 0.6 is 0 Å². The number of rotatable bonds is 6. The summed E-state index contributed by atoms with van der Waals surface area (Å²) in [4.78, 5) is 31.8. The third-order valence-corrected chi connectivity index (χ3v) is 4.33. The molecule has 0 bridgehead atoms. The molecule has 4 rings (SSSR count). The summed E-state index contributed by atoms with van der Waals surface area (Å²) in [6.07, 6.45) is 4.14. The van der Waals surface area contributed by atoms with Crippen LogP contribution in [-0.4, -0.2) is 21.5 Å². The highest BCUT2D eigenvalue weighted by atomic mass is 16.1. The maximum Gasteiger partial charge on any atom is 0.168 e. The summed E-state index contributed by atoms with van der Waals surface area (Å²) in [7, 11) is 0. The number of carbonyl (C=O) groups is 2. The number of hydrogen-bond donors (Lipinski definition) is 0. The van der Waals surface area contributed by atoms with Gasteiger partial charge in [-0.3, -0.25) is 19.6 Å². The Balaban J connectivity index is 0.000000171. The number of ketones is 2. The number of carbonyl (C=O) groups excluding carboxylic acids is 2. The van der Waals surface area contributed by atoms with Crippen molar-refractivity contribution in [1.82, 2.24) is 9.97 Å². The summed E-state index contributed by atoms with van der Waals surface area (Å²) in [5.74, 6) is 0.212. The fourth-order valence-electron chi connectivity index (χ4n) is 2.79. The van der Waals surface area contributed by atoms with Crippen LogP contribution in [0.2, 0.25) is 0 Å². The van der Waals surface area contributed by atoms with Gasteiger partial charge in [0.25, 0.3) is 0 Å². The molecule has 2 aromatic carbocycles. The molecule has 0 aliphatic rings. The van der Waals surface area contributed by atoms with E-state index in [1.54, 1.807) is 12.4 Å². The lowest BCUT2D eigenvalue weighted by Crippen LogP contribution is -2.04. The molecule has 0 N–H and O–H groups in total. The van der Waals surface area contributed by atoms with Crippen LogP contribution in [0.3, 0.4) is 0 Å². The molecular formula is C26H22N2O2. The Morgan fingerprint density at radius 3 is 1.20 bits per heavy atom. The van der Waals surface area contributed by atoms with Gasteiger partial charge in [0.05, 0.1) is 12.8 Å². The fourth-order valence-corrected chi connectivity index (χ4v) is 2.79. The first-order chi connectivity index (χ1) is 14.7. The van der Waals surface area contributed by atoms with Crippen molar-refractivity contribution in [2.75, 3.05) is 0 Å². The van der Waals surface area contributed by atoms with Gasteiger partial charge in [0.1, 0.15) is 0 Å². The molecule has 2 heterocycles. The molecule has 0 unspecified atom stereocenters. The highest BCUT2D eigenvalue weighted by molar-refractivity contribution is 5.97. The van der Waals surface area contributed by atoms with Gasteiger partial charge in [-0.05, 0) is 24.3 Å². The van der Waals surface area contributed by atoms with E-state index in [9.17, 15) is 9.59 Å². The van der Waals surface area contributed by atoms with Gasteiger partial charge >= 0.3 is 0 Å². The first-order valence-corrected chi connectivity index (χ1v) is 9.68. The van der Waals surface area contributed by atoms with Crippen LogP contribution in [0.15, 0.2) is 109 Å². The number of benzene rings is 2. The fraction of sp³-hybridized carbons (Fsp3) is 0.0769. The van der Waals surface area contributed by atoms with Crippen LogP contribution in [0.4, 0.5) is 0 Å². The van der Waals surface area contributed by atoms with Crippen LogP contribution in [0.5, 0.6) is 0 Å². The number of Topliss-reactive ketones (excluding diaryl/α,β-unsaturated/α-hetero) is 2. The standard InChI is InChI=1S/2C13H11NO/c2*15-13(11-6-2-1-3-7-11)10-12-8-4-5-9-14-12/h2*1-9H,10H2. The average Bonchev–Trinajstić information content (AvgIpc) is 2.82. The summed E-state index contributed by atoms with van der Waals surface area (Å²) in [5, 5.41) is 0. The Morgan fingerprint density at radius 2 is 0.867 bits per heavy atom. The van der Waals surface area contributed by atoms with Crippen LogP contribution in [0.1, 0.15) is 32.1 Å². The van der Waals surface area contributed by atoms with Gasteiger partial charge in [0.2, 0.25) is 0 Å². The average molecular weight is 394 g/mol. The van der Waals surface area contributed by atoms with E-state index in [-0.39, 0.29) is 11.6 Å². The van der Waals surface area contributed by atoms with Crippen LogP contribution < -0.4 is 0 Å². The van der Waals surface area contributed by atoms with E-state index in [1.165, 1.54) is 0 Å². The second-order valence-corrected chi connectivity index (χ2v) is 6.57. The predicted molar refractivity (Wildman–Crippen MR) is 117 cm³/mol. The van der Waals surface area contributed by atoms with E-state index in [0.29, 0.717) is 12.8 Å². The number of nitrogens with zero attached hydrogens (tertiary/aromatic N) is 2. The van der Waals surface area contributed by atoms with Crippen molar-refractivity contribution in [1.29, 1.82) is 0 Å². The molecule has 0 saturated heterocycles. The molecule has 4 aromatic rings. The molecule has 2 aromatic heterocycles. The number of pyridine rings is 2. The van der Waals surface area contributed by atoms with E-state index in [4.69, 9.17) is 0 Å². The molecule has 0 saturated carbocycles. The Labute approximate surface area is 176 Å². The zero-order valence-corrected chi connectivity index (χ0v) is 16.5. The number of hydrogen-bond acceptors (Lipinski definition) is 4. The van der Waals surface area contributed by atoms with Gasteiger partial charge < -0.3 is 0 Å². The van der Waals surface area contributed by atoms with Gasteiger partial charge in [-0.1, -0.05) is 72.8 Å². The minimum absolute atomic E-state index is 0.106. The van der Waals surface area contributed by atoms with E-state index >= 15 is 0 Å². The van der Waals surface area contributed by atoms with Crippen molar-refractivity contribution < 1.29 is 9.59 Å². The van der Waals surface area contributed by atoms with Crippen LogP contribution in [0, 0.1) is 0 Å². The highest BCUT2D eigenvalue weighted by Gasteiger charge is 2.07. The zero-order chi connectivity index (χ0) is 21.0. The minimum Gasteiger partial charge on any atom is -0.294 e. The van der Waals surface area contributed by atoms with Crippen molar-refractivity contribution in [2.24, 2.45) is 0 Å².